The Kier molecular flexibility index (Phi) is 7.79. The Labute approximate surface area is 175 Å². The number of hydrogen-bond acceptors (Lipinski definition) is 8. The van der Waals surface area contributed by atoms with Gasteiger partial charge in [-0.05, 0) is 42.6 Å². The Balaban J connectivity index is 1.80. The van der Waals surface area contributed by atoms with Crippen LogP contribution in [0.4, 0.5) is 0 Å². The van der Waals surface area contributed by atoms with Crippen LogP contribution in [0.5, 0.6) is 11.5 Å². The molecule has 1 aliphatic rings. The summed E-state index contributed by atoms with van der Waals surface area (Å²) in [7, 11) is 1.64. The number of amides is 1. The molecule has 9 heteroatoms. The molecule has 0 aliphatic carbocycles. The number of aryl methyl sites for hydroxylation is 1. The number of rotatable bonds is 9. The zero-order valence-electron chi connectivity index (χ0n) is 17.1. The van der Waals surface area contributed by atoms with Gasteiger partial charge in [-0.1, -0.05) is 17.5 Å². The number of ether oxygens (including phenoxy) is 3. The summed E-state index contributed by atoms with van der Waals surface area (Å²) in [6.07, 6.45) is 0.683. The standard InChI is InChI=1S/C20H28N4O4S/c1-4-15-19(29-23-22-15)20(25)21-13-16(24-8-10-27-11-9-24)14-6-7-17(28-5-2)18(12-14)26-3/h6-7,12,16H,4-5,8-11,13H2,1-3H3,(H,21,25). The number of morpholine rings is 1. The largest absolute Gasteiger partial charge is 0.493 e. The third kappa shape index (κ3) is 5.23. The van der Waals surface area contributed by atoms with Gasteiger partial charge in [0.15, 0.2) is 11.5 Å². The quantitative estimate of drug-likeness (QED) is 0.666. The lowest BCUT2D eigenvalue weighted by Crippen LogP contribution is -2.43. The van der Waals surface area contributed by atoms with Crippen LogP contribution < -0.4 is 14.8 Å². The number of hydrogen-bond donors (Lipinski definition) is 1. The van der Waals surface area contributed by atoms with E-state index in [1.165, 1.54) is 0 Å². The minimum absolute atomic E-state index is 0.00150. The molecule has 0 bridgehead atoms. The minimum atomic E-state index is -0.131. The van der Waals surface area contributed by atoms with Gasteiger partial charge in [0, 0.05) is 19.6 Å². The van der Waals surface area contributed by atoms with E-state index < -0.39 is 0 Å². The zero-order chi connectivity index (χ0) is 20.6. The van der Waals surface area contributed by atoms with E-state index >= 15 is 0 Å². The van der Waals surface area contributed by atoms with Crippen molar-refractivity contribution in [2.75, 3.05) is 46.6 Å². The highest BCUT2D eigenvalue weighted by molar-refractivity contribution is 7.08. The smallest absolute Gasteiger partial charge is 0.265 e. The van der Waals surface area contributed by atoms with Gasteiger partial charge in [-0.15, -0.1) is 5.10 Å². The van der Waals surface area contributed by atoms with Gasteiger partial charge in [-0.2, -0.15) is 0 Å². The molecule has 1 atom stereocenters. The molecule has 1 amide bonds. The van der Waals surface area contributed by atoms with Gasteiger partial charge in [0.1, 0.15) is 4.88 Å². The highest BCUT2D eigenvalue weighted by atomic mass is 32.1. The maximum absolute atomic E-state index is 12.7. The molecule has 3 rings (SSSR count). The van der Waals surface area contributed by atoms with Gasteiger partial charge in [-0.3, -0.25) is 9.69 Å². The Hall–Kier alpha value is -2.23. The molecule has 1 saturated heterocycles. The van der Waals surface area contributed by atoms with E-state index in [1.807, 2.05) is 32.0 Å². The maximum Gasteiger partial charge on any atom is 0.265 e. The fourth-order valence-electron chi connectivity index (χ4n) is 3.40. The number of carbonyl (C=O) groups is 1. The molecule has 0 spiro atoms. The third-order valence-electron chi connectivity index (χ3n) is 4.91. The summed E-state index contributed by atoms with van der Waals surface area (Å²) in [5.74, 6) is 1.27. The number of nitrogens with one attached hydrogen (secondary N) is 1. The van der Waals surface area contributed by atoms with E-state index in [2.05, 4.69) is 19.8 Å². The van der Waals surface area contributed by atoms with Gasteiger partial charge >= 0.3 is 0 Å². The van der Waals surface area contributed by atoms with Gasteiger partial charge < -0.3 is 19.5 Å². The lowest BCUT2D eigenvalue weighted by Gasteiger charge is -2.35. The molecular formula is C20H28N4O4S. The van der Waals surface area contributed by atoms with Crippen LogP contribution in [0.1, 0.15) is 40.8 Å². The first kappa shape index (κ1) is 21.5. The Morgan fingerprint density at radius 3 is 2.79 bits per heavy atom. The number of nitrogens with zero attached hydrogens (tertiary/aromatic N) is 3. The third-order valence-corrected chi connectivity index (χ3v) is 5.68. The molecule has 29 heavy (non-hydrogen) atoms. The molecule has 0 saturated carbocycles. The lowest BCUT2D eigenvalue weighted by molar-refractivity contribution is 0.0162. The van der Waals surface area contributed by atoms with Crippen LogP contribution in [0.3, 0.4) is 0 Å². The normalized spacial score (nSPS) is 15.7. The summed E-state index contributed by atoms with van der Waals surface area (Å²) in [5, 5.41) is 7.10. The second kappa shape index (κ2) is 10.5. The first-order chi connectivity index (χ1) is 14.2. The SMILES string of the molecule is CCOc1ccc(C(CNC(=O)c2snnc2CC)N2CCOCC2)cc1OC. The predicted molar refractivity (Wildman–Crippen MR) is 111 cm³/mol. The molecule has 1 aliphatic heterocycles. The van der Waals surface area contributed by atoms with E-state index in [9.17, 15) is 4.79 Å². The van der Waals surface area contributed by atoms with E-state index in [1.54, 1.807) is 7.11 Å². The van der Waals surface area contributed by atoms with Gasteiger partial charge in [-0.25, -0.2) is 0 Å². The minimum Gasteiger partial charge on any atom is -0.493 e. The van der Waals surface area contributed by atoms with Crippen LogP contribution in [0.25, 0.3) is 0 Å². The van der Waals surface area contributed by atoms with Crippen LogP contribution in [-0.2, 0) is 11.2 Å². The van der Waals surface area contributed by atoms with Crippen LogP contribution in [0, 0.1) is 0 Å². The topological polar surface area (TPSA) is 85.8 Å². The number of carbonyl (C=O) groups excluding carboxylic acids is 1. The Morgan fingerprint density at radius 2 is 2.10 bits per heavy atom. The van der Waals surface area contributed by atoms with Crippen LogP contribution >= 0.6 is 11.5 Å². The van der Waals surface area contributed by atoms with Crippen LogP contribution in [0.15, 0.2) is 18.2 Å². The summed E-state index contributed by atoms with van der Waals surface area (Å²) in [6, 6.07) is 5.95. The van der Waals surface area contributed by atoms with E-state index in [4.69, 9.17) is 14.2 Å². The molecule has 1 fully saturated rings. The first-order valence-electron chi connectivity index (χ1n) is 9.89. The molecule has 158 valence electrons. The van der Waals surface area contributed by atoms with Crippen molar-refractivity contribution >= 4 is 17.4 Å². The van der Waals surface area contributed by atoms with Gasteiger partial charge in [0.2, 0.25) is 0 Å². The Morgan fingerprint density at radius 1 is 1.31 bits per heavy atom. The lowest BCUT2D eigenvalue weighted by atomic mass is 10.0. The van der Waals surface area contributed by atoms with Crippen LogP contribution in [0.2, 0.25) is 0 Å². The van der Waals surface area contributed by atoms with E-state index in [0.717, 1.165) is 35.9 Å². The average molecular weight is 421 g/mol. The molecule has 2 heterocycles. The molecule has 1 aromatic carbocycles. The number of methoxy groups -OCH3 is 1. The summed E-state index contributed by atoms with van der Waals surface area (Å²) in [5.41, 5.74) is 1.80. The van der Waals surface area contributed by atoms with Crippen molar-refractivity contribution in [2.45, 2.75) is 26.3 Å². The number of benzene rings is 1. The molecule has 1 N–H and O–H groups in total. The zero-order valence-corrected chi connectivity index (χ0v) is 18.0. The maximum atomic E-state index is 12.7. The first-order valence-corrected chi connectivity index (χ1v) is 10.7. The van der Waals surface area contributed by atoms with Crippen molar-refractivity contribution < 1.29 is 19.0 Å². The number of aromatic nitrogens is 2. The van der Waals surface area contributed by atoms with Crippen molar-refractivity contribution in [3.8, 4) is 11.5 Å². The van der Waals surface area contributed by atoms with Crippen molar-refractivity contribution in [3.05, 3.63) is 34.3 Å². The molecule has 0 radical (unpaired) electrons. The molecule has 8 nitrogen and oxygen atoms in total. The highest BCUT2D eigenvalue weighted by Gasteiger charge is 2.25. The molecule has 2 aromatic rings. The highest BCUT2D eigenvalue weighted by Crippen LogP contribution is 2.32. The fourth-order valence-corrected chi connectivity index (χ4v) is 4.06. The monoisotopic (exact) mass is 420 g/mol. The summed E-state index contributed by atoms with van der Waals surface area (Å²) in [4.78, 5) is 15.6. The Bertz CT molecular complexity index is 808. The molecular weight excluding hydrogens is 392 g/mol. The van der Waals surface area contributed by atoms with Crippen molar-refractivity contribution in [3.63, 3.8) is 0 Å². The summed E-state index contributed by atoms with van der Waals surface area (Å²) in [6.45, 7) is 7.92. The molecule has 1 unspecified atom stereocenters. The van der Waals surface area contributed by atoms with E-state index in [0.29, 0.717) is 49.2 Å². The summed E-state index contributed by atoms with van der Waals surface area (Å²) >= 11 is 1.14. The van der Waals surface area contributed by atoms with E-state index in [-0.39, 0.29) is 11.9 Å². The van der Waals surface area contributed by atoms with Gasteiger partial charge in [0.25, 0.3) is 5.91 Å². The fraction of sp³-hybridized carbons (Fsp3) is 0.550. The van der Waals surface area contributed by atoms with Gasteiger partial charge in [0.05, 0.1) is 38.7 Å². The second-order valence-electron chi connectivity index (χ2n) is 6.62. The predicted octanol–water partition coefficient (Wildman–Crippen LogP) is 2.31. The van der Waals surface area contributed by atoms with Crippen molar-refractivity contribution in [1.82, 2.24) is 19.8 Å². The van der Waals surface area contributed by atoms with Crippen LogP contribution in [-0.4, -0.2) is 67.0 Å². The second-order valence-corrected chi connectivity index (χ2v) is 7.37. The van der Waals surface area contributed by atoms with Crippen molar-refractivity contribution in [2.24, 2.45) is 0 Å². The average Bonchev–Trinajstić information content (AvgIpc) is 3.24. The molecule has 1 aromatic heterocycles. The van der Waals surface area contributed by atoms with Crippen molar-refractivity contribution in [1.29, 1.82) is 0 Å². The summed E-state index contributed by atoms with van der Waals surface area (Å²) < 4.78 is 20.6.